The molecule has 1 aromatic rings. The van der Waals surface area contributed by atoms with Crippen molar-refractivity contribution in [1.29, 1.82) is 0 Å². The van der Waals surface area contributed by atoms with Crippen LogP contribution < -0.4 is 16.2 Å². The predicted octanol–water partition coefficient (Wildman–Crippen LogP) is 2.03. The van der Waals surface area contributed by atoms with Crippen LogP contribution in [-0.4, -0.2) is 29.2 Å². The fourth-order valence-electron chi connectivity index (χ4n) is 1.78. The van der Waals surface area contributed by atoms with E-state index < -0.39 is 12.7 Å². The molecule has 0 unspecified atom stereocenters. The largest absolute Gasteiger partial charge is 0.405 e. The summed E-state index contributed by atoms with van der Waals surface area (Å²) in [5.74, 6) is 6.70. The molecule has 1 aliphatic carbocycles. The third kappa shape index (κ3) is 3.69. The first kappa shape index (κ1) is 13.9. The van der Waals surface area contributed by atoms with Gasteiger partial charge in [0.25, 0.3) is 0 Å². The van der Waals surface area contributed by atoms with E-state index in [1.807, 2.05) is 0 Å². The lowest BCUT2D eigenvalue weighted by molar-refractivity contribution is -0.119. The summed E-state index contributed by atoms with van der Waals surface area (Å²) >= 11 is 0. The first-order valence-corrected chi connectivity index (χ1v) is 6.10. The molecule has 0 radical (unpaired) electrons. The topological polar surface area (TPSA) is 67.1 Å². The normalized spacial score (nSPS) is 15.4. The van der Waals surface area contributed by atoms with Gasteiger partial charge in [-0.15, -0.1) is 0 Å². The van der Waals surface area contributed by atoms with Crippen molar-refractivity contribution in [2.45, 2.75) is 31.9 Å². The van der Waals surface area contributed by atoms with Crippen molar-refractivity contribution in [3.8, 4) is 0 Å². The van der Waals surface area contributed by atoms with Gasteiger partial charge >= 0.3 is 6.18 Å². The number of hydrazine groups is 1. The predicted molar refractivity (Wildman–Crippen MR) is 65.8 cm³/mol. The SMILES string of the molecule is CCN(CC(F)(F)F)c1cc(NN)nc(C2CC2)n1. The Hall–Kier alpha value is -1.57. The van der Waals surface area contributed by atoms with Crippen molar-refractivity contribution in [3.63, 3.8) is 0 Å². The minimum absolute atomic E-state index is 0.213. The molecule has 0 aromatic carbocycles. The van der Waals surface area contributed by atoms with Gasteiger partial charge in [0.05, 0.1) is 0 Å². The Bertz CT molecular complexity index is 444. The lowest BCUT2D eigenvalue weighted by Gasteiger charge is -2.24. The lowest BCUT2D eigenvalue weighted by atomic mass is 10.3. The smallest absolute Gasteiger partial charge is 0.348 e. The quantitative estimate of drug-likeness (QED) is 0.635. The van der Waals surface area contributed by atoms with Crippen LogP contribution in [-0.2, 0) is 0 Å². The summed E-state index contributed by atoms with van der Waals surface area (Å²) in [7, 11) is 0. The molecule has 19 heavy (non-hydrogen) atoms. The molecule has 106 valence electrons. The van der Waals surface area contributed by atoms with Crippen molar-refractivity contribution in [1.82, 2.24) is 9.97 Å². The van der Waals surface area contributed by atoms with Gasteiger partial charge in [-0.3, -0.25) is 0 Å². The number of halogens is 3. The Morgan fingerprint density at radius 1 is 1.42 bits per heavy atom. The van der Waals surface area contributed by atoms with E-state index in [1.54, 1.807) is 6.92 Å². The van der Waals surface area contributed by atoms with Gasteiger partial charge in [0.1, 0.15) is 24.0 Å². The highest BCUT2D eigenvalue weighted by atomic mass is 19.4. The van der Waals surface area contributed by atoms with Crippen LogP contribution in [0.3, 0.4) is 0 Å². The maximum Gasteiger partial charge on any atom is 0.405 e. The standard InChI is InChI=1S/C11H16F3N5/c1-2-19(6-11(12,13)14)9-5-8(18-15)16-10(17-9)7-3-4-7/h5,7H,2-4,6,15H2,1H3,(H,16,17,18). The van der Waals surface area contributed by atoms with Crippen LogP contribution in [0.25, 0.3) is 0 Å². The molecular weight excluding hydrogens is 259 g/mol. The highest BCUT2D eigenvalue weighted by molar-refractivity contribution is 5.49. The van der Waals surface area contributed by atoms with Crippen molar-refractivity contribution in [2.75, 3.05) is 23.4 Å². The number of alkyl halides is 3. The fraction of sp³-hybridized carbons (Fsp3) is 0.636. The number of nitrogens with zero attached hydrogens (tertiary/aromatic N) is 3. The van der Waals surface area contributed by atoms with Crippen molar-refractivity contribution >= 4 is 11.6 Å². The summed E-state index contributed by atoms with van der Waals surface area (Å²) in [6, 6.07) is 1.43. The van der Waals surface area contributed by atoms with Gasteiger partial charge in [-0.1, -0.05) is 0 Å². The zero-order valence-electron chi connectivity index (χ0n) is 10.5. The number of nitrogens with one attached hydrogen (secondary N) is 1. The van der Waals surface area contributed by atoms with E-state index >= 15 is 0 Å². The van der Waals surface area contributed by atoms with Crippen LogP contribution in [0.4, 0.5) is 24.8 Å². The molecule has 1 aromatic heterocycles. The van der Waals surface area contributed by atoms with Gasteiger partial charge in [0, 0.05) is 18.5 Å². The summed E-state index contributed by atoms with van der Waals surface area (Å²) < 4.78 is 37.5. The third-order valence-electron chi connectivity index (χ3n) is 2.90. The molecule has 0 atom stereocenters. The summed E-state index contributed by atoms with van der Waals surface area (Å²) in [6.07, 6.45) is -2.32. The number of anilines is 2. The van der Waals surface area contributed by atoms with Crippen LogP contribution in [0.1, 0.15) is 31.5 Å². The molecule has 1 aliphatic rings. The van der Waals surface area contributed by atoms with Gasteiger partial charge in [-0.05, 0) is 19.8 Å². The first-order chi connectivity index (χ1) is 8.93. The van der Waals surface area contributed by atoms with Gasteiger partial charge < -0.3 is 10.3 Å². The number of nitrogens with two attached hydrogens (primary N) is 1. The van der Waals surface area contributed by atoms with Crippen molar-refractivity contribution < 1.29 is 13.2 Å². The van der Waals surface area contributed by atoms with Crippen LogP contribution in [0, 0.1) is 0 Å². The number of hydrogen-bond donors (Lipinski definition) is 2. The maximum absolute atomic E-state index is 12.5. The zero-order valence-corrected chi connectivity index (χ0v) is 10.5. The fourth-order valence-corrected chi connectivity index (χ4v) is 1.78. The molecule has 0 bridgehead atoms. The first-order valence-electron chi connectivity index (χ1n) is 6.10. The van der Waals surface area contributed by atoms with E-state index in [1.165, 1.54) is 6.07 Å². The Balaban J connectivity index is 2.27. The lowest BCUT2D eigenvalue weighted by Crippen LogP contribution is -2.35. The van der Waals surface area contributed by atoms with Crippen LogP contribution in [0.15, 0.2) is 6.07 Å². The van der Waals surface area contributed by atoms with E-state index in [0.717, 1.165) is 17.7 Å². The van der Waals surface area contributed by atoms with Crippen molar-refractivity contribution in [2.24, 2.45) is 5.84 Å². The second-order valence-electron chi connectivity index (χ2n) is 4.52. The molecule has 8 heteroatoms. The Morgan fingerprint density at radius 3 is 2.58 bits per heavy atom. The monoisotopic (exact) mass is 275 g/mol. The number of hydrogen-bond acceptors (Lipinski definition) is 5. The summed E-state index contributed by atoms with van der Waals surface area (Å²) in [6.45, 7) is 0.833. The Kier molecular flexibility index (Phi) is 3.79. The van der Waals surface area contributed by atoms with Crippen molar-refractivity contribution in [3.05, 3.63) is 11.9 Å². The molecule has 2 rings (SSSR count). The minimum Gasteiger partial charge on any atom is -0.348 e. The summed E-state index contributed by atoms with van der Waals surface area (Å²) in [4.78, 5) is 9.55. The number of rotatable bonds is 5. The van der Waals surface area contributed by atoms with E-state index in [9.17, 15) is 13.2 Å². The van der Waals surface area contributed by atoms with Crippen LogP contribution in [0.2, 0.25) is 0 Å². The second-order valence-corrected chi connectivity index (χ2v) is 4.52. The number of nitrogen functional groups attached to an aromatic ring is 1. The molecule has 3 N–H and O–H groups in total. The average Bonchev–Trinajstić information content (AvgIpc) is 3.18. The molecule has 0 aliphatic heterocycles. The van der Waals surface area contributed by atoms with Gasteiger partial charge in [0.15, 0.2) is 0 Å². The summed E-state index contributed by atoms with van der Waals surface area (Å²) in [5, 5.41) is 0. The van der Waals surface area contributed by atoms with Gasteiger partial charge in [-0.2, -0.15) is 13.2 Å². The zero-order chi connectivity index (χ0) is 14.0. The highest BCUT2D eigenvalue weighted by Crippen LogP contribution is 2.39. The van der Waals surface area contributed by atoms with Gasteiger partial charge in [-0.25, -0.2) is 15.8 Å². The molecule has 5 nitrogen and oxygen atoms in total. The Labute approximate surface area is 109 Å². The van der Waals surface area contributed by atoms with Crippen LogP contribution in [0.5, 0.6) is 0 Å². The molecule has 1 saturated carbocycles. The highest BCUT2D eigenvalue weighted by Gasteiger charge is 2.32. The van der Waals surface area contributed by atoms with E-state index in [0.29, 0.717) is 11.6 Å². The molecule has 1 fully saturated rings. The Morgan fingerprint density at radius 2 is 2.11 bits per heavy atom. The van der Waals surface area contributed by atoms with E-state index in [2.05, 4.69) is 15.4 Å². The summed E-state index contributed by atoms with van der Waals surface area (Å²) in [5.41, 5.74) is 2.37. The molecule has 1 heterocycles. The second kappa shape index (κ2) is 5.20. The number of aromatic nitrogens is 2. The van der Waals surface area contributed by atoms with E-state index in [4.69, 9.17) is 5.84 Å². The molecular formula is C11H16F3N5. The molecule has 0 amide bonds. The minimum atomic E-state index is -4.27. The molecule has 0 spiro atoms. The average molecular weight is 275 g/mol. The van der Waals surface area contributed by atoms with Crippen LogP contribution >= 0.6 is 0 Å². The maximum atomic E-state index is 12.5. The molecule has 0 saturated heterocycles. The van der Waals surface area contributed by atoms with Gasteiger partial charge in [0.2, 0.25) is 0 Å². The van der Waals surface area contributed by atoms with E-state index in [-0.39, 0.29) is 18.3 Å². The third-order valence-corrected chi connectivity index (χ3v) is 2.90.